The van der Waals surface area contributed by atoms with Crippen molar-refractivity contribution in [3.05, 3.63) is 188 Å². The number of anilines is 3. The van der Waals surface area contributed by atoms with Gasteiger partial charge in [-0.3, -0.25) is 9.97 Å². The van der Waals surface area contributed by atoms with Crippen LogP contribution < -0.4 is 4.90 Å². The number of benzene rings is 6. The molecule has 0 atom stereocenters. The molecule has 0 N–H and O–H groups in total. The molecular formula is C48H31N5. The maximum absolute atomic E-state index is 4.94. The summed E-state index contributed by atoms with van der Waals surface area (Å²) in [7, 11) is 0. The zero-order valence-electron chi connectivity index (χ0n) is 28.6. The van der Waals surface area contributed by atoms with Crippen molar-refractivity contribution in [3.8, 4) is 45.0 Å². The molecule has 5 nitrogen and oxygen atoms in total. The zero-order chi connectivity index (χ0) is 34.9. The van der Waals surface area contributed by atoms with Gasteiger partial charge in [-0.15, -0.1) is 0 Å². The Kier molecular flexibility index (Phi) is 6.48. The van der Waals surface area contributed by atoms with Crippen LogP contribution in [0.4, 0.5) is 17.1 Å². The first-order chi connectivity index (χ1) is 26.3. The van der Waals surface area contributed by atoms with Gasteiger partial charge in [0.1, 0.15) is 0 Å². The molecule has 0 unspecified atom stereocenters. The lowest BCUT2D eigenvalue weighted by Gasteiger charge is -2.27. The number of fused-ring (bicyclic) bond motifs is 10. The Bertz CT molecular complexity index is 2990. The number of pyridine rings is 2. The molecule has 1 aliphatic rings. The van der Waals surface area contributed by atoms with Crippen LogP contribution in [0.2, 0.25) is 0 Å². The predicted molar refractivity (Wildman–Crippen MR) is 218 cm³/mol. The number of hydrogen-bond donors (Lipinski definition) is 0. The van der Waals surface area contributed by atoms with Gasteiger partial charge in [0.05, 0.1) is 51.2 Å². The number of nitrogens with zero attached hydrogens (tertiary/aromatic N) is 5. The van der Waals surface area contributed by atoms with Crippen LogP contribution in [0.15, 0.2) is 188 Å². The van der Waals surface area contributed by atoms with Crippen molar-refractivity contribution in [1.82, 2.24) is 19.1 Å². The summed E-state index contributed by atoms with van der Waals surface area (Å²) in [5.41, 5.74) is 15.6. The molecule has 6 aromatic carbocycles. The number of rotatable bonds is 4. The third-order valence-corrected chi connectivity index (χ3v) is 10.6. The van der Waals surface area contributed by atoms with E-state index in [0.29, 0.717) is 0 Å². The molecule has 53 heavy (non-hydrogen) atoms. The lowest BCUT2D eigenvalue weighted by molar-refractivity contribution is 1.13. The van der Waals surface area contributed by atoms with Crippen LogP contribution in [0.1, 0.15) is 0 Å². The van der Waals surface area contributed by atoms with Crippen LogP contribution in [0.25, 0.3) is 77.7 Å². The Labute approximate surface area is 306 Å². The molecule has 0 saturated heterocycles. The highest BCUT2D eigenvalue weighted by molar-refractivity contribution is 6.14. The predicted octanol–water partition coefficient (Wildman–Crippen LogP) is 12.3. The monoisotopic (exact) mass is 677 g/mol. The van der Waals surface area contributed by atoms with Gasteiger partial charge in [-0.25, -0.2) is 0 Å². The third-order valence-electron chi connectivity index (χ3n) is 10.6. The fourth-order valence-corrected chi connectivity index (χ4v) is 8.35. The van der Waals surface area contributed by atoms with E-state index in [2.05, 4.69) is 177 Å². The van der Waals surface area contributed by atoms with Crippen LogP contribution in [-0.2, 0) is 0 Å². The van der Waals surface area contributed by atoms with E-state index in [0.717, 1.165) is 45.3 Å². The molecule has 5 heterocycles. The molecule has 0 bridgehead atoms. The van der Waals surface area contributed by atoms with Crippen molar-refractivity contribution >= 4 is 49.8 Å². The van der Waals surface area contributed by atoms with Gasteiger partial charge in [-0.2, -0.15) is 0 Å². The topological polar surface area (TPSA) is 38.9 Å². The van der Waals surface area contributed by atoms with E-state index in [1.165, 1.54) is 49.5 Å². The van der Waals surface area contributed by atoms with Gasteiger partial charge in [0.25, 0.3) is 0 Å². The first-order valence-electron chi connectivity index (χ1n) is 17.9. The molecule has 4 aromatic heterocycles. The molecular weight excluding hydrogens is 647 g/mol. The lowest BCUT2D eigenvalue weighted by atomic mass is 9.98. The van der Waals surface area contributed by atoms with Gasteiger partial charge >= 0.3 is 0 Å². The molecule has 0 amide bonds. The van der Waals surface area contributed by atoms with E-state index >= 15 is 0 Å². The minimum absolute atomic E-state index is 0.892. The van der Waals surface area contributed by atoms with Crippen molar-refractivity contribution < 1.29 is 0 Å². The number of hydrogen-bond acceptors (Lipinski definition) is 3. The summed E-state index contributed by atoms with van der Waals surface area (Å²) in [6, 6.07) is 61.0. The van der Waals surface area contributed by atoms with Crippen molar-refractivity contribution in [2.45, 2.75) is 0 Å². The normalized spacial score (nSPS) is 12.1. The highest BCUT2D eigenvalue weighted by Gasteiger charge is 2.31. The zero-order valence-corrected chi connectivity index (χ0v) is 28.6. The Balaban J connectivity index is 1.19. The SMILES string of the molecule is c1ccc(-n2c3ccccc3c3cc(-n4c5c(c6ccccc64)-c4ccccc4N(c4ccc(-c6cccnc6)nc4)c4ccccc4-5)ccc32)cc1. The van der Waals surface area contributed by atoms with E-state index in [-0.39, 0.29) is 0 Å². The molecule has 1 aliphatic heterocycles. The maximum Gasteiger partial charge on any atom is 0.0719 e. The highest BCUT2D eigenvalue weighted by atomic mass is 15.2. The Hall–Kier alpha value is -7.24. The Morgan fingerprint density at radius 1 is 0.415 bits per heavy atom. The van der Waals surface area contributed by atoms with E-state index in [1.807, 2.05) is 24.5 Å². The molecule has 10 aromatic rings. The lowest BCUT2D eigenvalue weighted by Crippen LogP contribution is -2.11. The third kappa shape index (κ3) is 4.44. The average Bonchev–Trinajstić information content (AvgIpc) is 3.71. The first kappa shape index (κ1) is 29.5. The van der Waals surface area contributed by atoms with Crippen LogP contribution in [0.5, 0.6) is 0 Å². The first-order valence-corrected chi connectivity index (χ1v) is 17.9. The quantitative estimate of drug-likeness (QED) is 0.186. The number of aromatic nitrogens is 4. The van der Waals surface area contributed by atoms with E-state index < -0.39 is 0 Å². The van der Waals surface area contributed by atoms with Gasteiger partial charge in [0.15, 0.2) is 0 Å². The van der Waals surface area contributed by atoms with E-state index in [4.69, 9.17) is 4.98 Å². The molecule has 0 saturated carbocycles. The summed E-state index contributed by atoms with van der Waals surface area (Å²) in [4.78, 5) is 11.6. The summed E-state index contributed by atoms with van der Waals surface area (Å²) in [6.07, 6.45) is 5.63. The smallest absolute Gasteiger partial charge is 0.0719 e. The maximum atomic E-state index is 4.94. The molecule has 11 rings (SSSR count). The van der Waals surface area contributed by atoms with Crippen LogP contribution >= 0.6 is 0 Å². The van der Waals surface area contributed by atoms with E-state index in [1.54, 1.807) is 6.20 Å². The second-order valence-corrected chi connectivity index (χ2v) is 13.5. The summed E-state index contributed by atoms with van der Waals surface area (Å²) in [5.74, 6) is 0. The second-order valence-electron chi connectivity index (χ2n) is 13.5. The Morgan fingerprint density at radius 3 is 1.85 bits per heavy atom. The van der Waals surface area contributed by atoms with Crippen molar-refractivity contribution in [2.24, 2.45) is 0 Å². The van der Waals surface area contributed by atoms with Gasteiger partial charge in [0.2, 0.25) is 0 Å². The minimum atomic E-state index is 0.892. The van der Waals surface area contributed by atoms with Crippen LogP contribution in [-0.4, -0.2) is 19.1 Å². The Morgan fingerprint density at radius 2 is 1.08 bits per heavy atom. The largest absolute Gasteiger partial charge is 0.309 e. The van der Waals surface area contributed by atoms with Gasteiger partial charge in [-0.1, -0.05) is 91.0 Å². The molecule has 248 valence electrons. The summed E-state index contributed by atoms with van der Waals surface area (Å²) in [6.45, 7) is 0. The van der Waals surface area contributed by atoms with Crippen LogP contribution in [0, 0.1) is 0 Å². The fraction of sp³-hybridized carbons (Fsp3) is 0. The van der Waals surface area contributed by atoms with Gasteiger partial charge < -0.3 is 14.0 Å². The molecule has 0 aliphatic carbocycles. The second kappa shape index (κ2) is 11.7. The molecule has 0 radical (unpaired) electrons. The van der Waals surface area contributed by atoms with E-state index in [9.17, 15) is 0 Å². The van der Waals surface area contributed by atoms with Gasteiger partial charge in [0, 0.05) is 62.2 Å². The fourth-order valence-electron chi connectivity index (χ4n) is 8.35. The minimum Gasteiger partial charge on any atom is -0.309 e. The summed E-state index contributed by atoms with van der Waals surface area (Å²) < 4.78 is 4.85. The van der Waals surface area contributed by atoms with Crippen LogP contribution in [0.3, 0.4) is 0 Å². The average molecular weight is 678 g/mol. The van der Waals surface area contributed by atoms with Crippen molar-refractivity contribution in [1.29, 1.82) is 0 Å². The summed E-state index contributed by atoms with van der Waals surface area (Å²) >= 11 is 0. The molecule has 5 heteroatoms. The van der Waals surface area contributed by atoms with Crippen molar-refractivity contribution in [3.63, 3.8) is 0 Å². The van der Waals surface area contributed by atoms with Gasteiger partial charge in [-0.05, 0) is 78.9 Å². The summed E-state index contributed by atoms with van der Waals surface area (Å²) in [5, 5.41) is 3.66. The standard InChI is InChI=1S/C48H31N5/c1-2-14-33(15-3-1)51-42-20-8-4-16-36(42)40-29-34(25-27-46(40)51)53-44-22-10-6-18-38(44)47-37-17-5-9-21-43(37)52(45-23-11-7-19-39(45)48(47)53)35-24-26-41(50-31-35)32-13-12-28-49-30-32/h1-31H. The highest BCUT2D eigenvalue weighted by Crippen LogP contribution is 2.54. The van der Waals surface area contributed by atoms with Crippen molar-refractivity contribution in [2.75, 3.05) is 4.90 Å². The number of para-hydroxylation sites is 5. The molecule has 0 fully saturated rings. The molecule has 0 spiro atoms.